The number of rotatable bonds is 6. The normalized spacial score (nSPS) is 25.2. The van der Waals surface area contributed by atoms with Crippen LogP contribution in [0.25, 0.3) is 0 Å². The van der Waals surface area contributed by atoms with E-state index in [0.29, 0.717) is 29.9 Å². The lowest BCUT2D eigenvalue weighted by atomic mass is 9.90. The summed E-state index contributed by atoms with van der Waals surface area (Å²) >= 11 is 0. The molecule has 2 aliphatic rings. The molecule has 3 atom stereocenters. The van der Waals surface area contributed by atoms with Gasteiger partial charge in [0.1, 0.15) is 11.6 Å². The van der Waals surface area contributed by atoms with Crippen molar-refractivity contribution in [2.45, 2.75) is 18.9 Å². The highest BCUT2D eigenvalue weighted by atomic mass is 19.1. The predicted molar refractivity (Wildman–Crippen MR) is 105 cm³/mol. The first-order chi connectivity index (χ1) is 13.5. The molecule has 0 amide bonds. The Morgan fingerprint density at radius 2 is 1.61 bits per heavy atom. The Morgan fingerprint density at radius 1 is 0.964 bits per heavy atom. The summed E-state index contributed by atoms with van der Waals surface area (Å²) < 4.78 is 26.3. The molecule has 2 aliphatic heterocycles. The number of carbonyl (C=O) groups excluding carboxylic acids is 1. The Balaban J connectivity index is 1.31. The number of fused-ring (bicyclic) bond motifs is 1. The minimum absolute atomic E-state index is 0.0725. The second kappa shape index (κ2) is 8.10. The molecular formula is C23H26F2N2O. The summed E-state index contributed by atoms with van der Waals surface area (Å²) in [7, 11) is 2.15. The highest BCUT2D eigenvalue weighted by Gasteiger charge is 2.45. The fourth-order valence-electron chi connectivity index (χ4n) is 4.94. The molecule has 0 aromatic heterocycles. The van der Waals surface area contributed by atoms with E-state index >= 15 is 0 Å². The zero-order valence-corrected chi connectivity index (χ0v) is 16.2. The lowest BCUT2D eigenvalue weighted by molar-refractivity contribution is 0.0975. The van der Waals surface area contributed by atoms with Gasteiger partial charge in [0.05, 0.1) is 0 Å². The number of nitrogens with zero attached hydrogens (tertiary/aromatic N) is 2. The Labute approximate surface area is 165 Å². The van der Waals surface area contributed by atoms with Crippen molar-refractivity contribution in [2.75, 3.05) is 33.2 Å². The zero-order valence-electron chi connectivity index (χ0n) is 16.2. The van der Waals surface area contributed by atoms with Crippen LogP contribution in [0.4, 0.5) is 8.78 Å². The number of halogens is 2. The maximum Gasteiger partial charge on any atom is 0.162 e. The van der Waals surface area contributed by atoms with Gasteiger partial charge in [0.25, 0.3) is 0 Å². The van der Waals surface area contributed by atoms with E-state index in [9.17, 15) is 13.6 Å². The van der Waals surface area contributed by atoms with Gasteiger partial charge in [0.2, 0.25) is 0 Å². The molecular weight excluding hydrogens is 358 g/mol. The van der Waals surface area contributed by atoms with E-state index in [1.165, 1.54) is 17.7 Å². The number of Topliss-reactive ketones (excluding diaryl/α,β-unsaturated/α-hetero) is 1. The predicted octanol–water partition coefficient (Wildman–Crippen LogP) is 4.16. The van der Waals surface area contributed by atoms with Crippen molar-refractivity contribution in [2.24, 2.45) is 11.8 Å². The van der Waals surface area contributed by atoms with Gasteiger partial charge in [0, 0.05) is 37.7 Å². The number of benzene rings is 2. The summed E-state index contributed by atoms with van der Waals surface area (Å²) in [6.45, 7) is 4.02. The Hall–Kier alpha value is -2.11. The number of ketones is 1. The third kappa shape index (κ3) is 4.01. The average Bonchev–Trinajstić information content (AvgIpc) is 3.19. The monoisotopic (exact) mass is 384 g/mol. The van der Waals surface area contributed by atoms with E-state index in [1.807, 2.05) is 12.1 Å². The van der Waals surface area contributed by atoms with E-state index in [4.69, 9.17) is 0 Å². The van der Waals surface area contributed by atoms with Crippen molar-refractivity contribution >= 4 is 5.78 Å². The van der Waals surface area contributed by atoms with Crippen LogP contribution in [0, 0.1) is 23.5 Å². The SMILES string of the molecule is CN1CC2CN(CCCC(=O)c3ccc(F)cc3)CC2C1c1ccc(F)cc1. The molecule has 0 aliphatic carbocycles. The number of likely N-dealkylation sites (tertiary alicyclic amines) is 2. The first kappa shape index (κ1) is 19.2. The summed E-state index contributed by atoms with van der Waals surface area (Å²) in [4.78, 5) is 17.1. The van der Waals surface area contributed by atoms with Crippen molar-refractivity contribution in [1.82, 2.24) is 9.80 Å². The van der Waals surface area contributed by atoms with Gasteiger partial charge in [-0.1, -0.05) is 12.1 Å². The number of hydrogen-bond acceptors (Lipinski definition) is 3. The van der Waals surface area contributed by atoms with Gasteiger partial charge in [-0.15, -0.1) is 0 Å². The van der Waals surface area contributed by atoms with Crippen LogP contribution in [0.15, 0.2) is 48.5 Å². The smallest absolute Gasteiger partial charge is 0.162 e. The third-order valence-electron chi connectivity index (χ3n) is 6.23. The van der Waals surface area contributed by atoms with Crippen molar-refractivity contribution < 1.29 is 13.6 Å². The zero-order chi connectivity index (χ0) is 19.7. The second-order valence-electron chi connectivity index (χ2n) is 8.15. The number of hydrogen-bond donors (Lipinski definition) is 0. The largest absolute Gasteiger partial charge is 0.303 e. The fraction of sp³-hybridized carbons (Fsp3) is 0.435. The van der Waals surface area contributed by atoms with Gasteiger partial charge in [0.15, 0.2) is 5.78 Å². The van der Waals surface area contributed by atoms with Crippen LogP contribution in [-0.2, 0) is 0 Å². The summed E-state index contributed by atoms with van der Waals surface area (Å²) in [5.74, 6) is 0.722. The van der Waals surface area contributed by atoms with Gasteiger partial charge in [-0.2, -0.15) is 0 Å². The second-order valence-corrected chi connectivity index (χ2v) is 8.15. The van der Waals surface area contributed by atoms with E-state index in [2.05, 4.69) is 16.8 Å². The number of carbonyl (C=O) groups is 1. The van der Waals surface area contributed by atoms with Crippen LogP contribution >= 0.6 is 0 Å². The van der Waals surface area contributed by atoms with Crippen LogP contribution in [0.3, 0.4) is 0 Å². The minimum atomic E-state index is -0.319. The molecule has 2 heterocycles. The molecule has 148 valence electrons. The van der Waals surface area contributed by atoms with E-state index in [1.54, 1.807) is 24.3 Å². The Bertz CT molecular complexity index is 822. The fourth-order valence-corrected chi connectivity index (χ4v) is 4.94. The minimum Gasteiger partial charge on any atom is -0.303 e. The summed E-state index contributed by atoms with van der Waals surface area (Å²) in [5, 5.41) is 0. The summed E-state index contributed by atoms with van der Waals surface area (Å²) in [6.07, 6.45) is 1.30. The van der Waals surface area contributed by atoms with Crippen LogP contribution in [0.1, 0.15) is 34.8 Å². The lowest BCUT2D eigenvalue weighted by Gasteiger charge is -2.26. The molecule has 2 fully saturated rings. The molecule has 28 heavy (non-hydrogen) atoms. The highest BCUT2D eigenvalue weighted by molar-refractivity contribution is 5.95. The molecule has 0 radical (unpaired) electrons. The van der Waals surface area contributed by atoms with Gasteiger partial charge >= 0.3 is 0 Å². The van der Waals surface area contributed by atoms with Crippen molar-refractivity contribution in [3.8, 4) is 0 Å². The van der Waals surface area contributed by atoms with Gasteiger partial charge in [-0.05, 0) is 73.8 Å². The van der Waals surface area contributed by atoms with Gasteiger partial charge < -0.3 is 4.90 Å². The van der Waals surface area contributed by atoms with E-state index < -0.39 is 0 Å². The molecule has 0 N–H and O–H groups in total. The van der Waals surface area contributed by atoms with Crippen LogP contribution in [-0.4, -0.2) is 48.8 Å². The molecule has 3 unspecified atom stereocenters. The van der Waals surface area contributed by atoms with Gasteiger partial charge in [-0.3, -0.25) is 9.69 Å². The van der Waals surface area contributed by atoms with Crippen LogP contribution in [0.2, 0.25) is 0 Å². The molecule has 2 aromatic carbocycles. The first-order valence-corrected chi connectivity index (χ1v) is 9.98. The topological polar surface area (TPSA) is 23.6 Å². The summed E-state index contributed by atoms with van der Waals surface area (Å²) in [5.41, 5.74) is 1.77. The van der Waals surface area contributed by atoms with E-state index in [0.717, 1.165) is 32.6 Å². The maximum absolute atomic E-state index is 13.3. The Morgan fingerprint density at radius 3 is 2.29 bits per heavy atom. The van der Waals surface area contributed by atoms with Crippen LogP contribution in [0.5, 0.6) is 0 Å². The Kier molecular flexibility index (Phi) is 5.56. The van der Waals surface area contributed by atoms with Gasteiger partial charge in [-0.25, -0.2) is 8.78 Å². The maximum atomic E-state index is 13.3. The molecule has 0 bridgehead atoms. The molecule has 2 aromatic rings. The molecule has 0 spiro atoms. The molecule has 4 rings (SSSR count). The molecule has 3 nitrogen and oxygen atoms in total. The molecule has 0 saturated carbocycles. The highest BCUT2D eigenvalue weighted by Crippen LogP contribution is 2.44. The first-order valence-electron chi connectivity index (χ1n) is 9.98. The quantitative estimate of drug-likeness (QED) is 0.699. The average molecular weight is 384 g/mol. The van der Waals surface area contributed by atoms with E-state index in [-0.39, 0.29) is 17.4 Å². The van der Waals surface area contributed by atoms with Crippen LogP contribution < -0.4 is 0 Å². The lowest BCUT2D eigenvalue weighted by Crippen LogP contribution is -2.30. The summed E-state index contributed by atoms with van der Waals surface area (Å²) in [6, 6.07) is 13.0. The third-order valence-corrected chi connectivity index (χ3v) is 6.23. The standard InChI is InChI=1S/C23H26F2N2O/c1-26-13-18-14-27(12-2-3-22(28)16-4-8-19(24)9-5-16)15-21(18)23(26)17-6-10-20(25)11-7-17/h4-11,18,21,23H,2-3,12-15H2,1H3. The molecule has 2 saturated heterocycles. The van der Waals surface area contributed by atoms with Crippen molar-refractivity contribution in [1.29, 1.82) is 0 Å². The van der Waals surface area contributed by atoms with Crippen molar-refractivity contribution in [3.63, 3.8) is 0 Å². The van der Waals surface area contributed by atoms with Crippen molar-refractivity contribution in [3.05, 3.63) is 71.3 Å². The molecule has 5 heteroatoms.